The zero-order valence-electron chi connectivity index (χ0n) is 18.9. The van der Waals surface area contributed by atoms with E-state index in [0.29, 0.717) is 0 Å². The Kier molecular flexibility index (Phi) is 7.72. The molecule has 11 heteroatoms. The molecule has 2 aliphatic rings. The summed E-state index contributed by atoms with van der Waals surface area (Å²) < 4.78 is 19.4. The third-order valence-electron chi connectivity index (χ3n) is 5.03. The summed E-state index contributed by atoms with van der Waals surface area (Å²) in [6.07, 6.45) is -1.86. The average molecular weight is 481 g/mol. The second-order valence-corrected chi connectivity index (χ2v) is 10.1. The fraction of sp³-hybridized carbons (Fsp3) is 0.545. The monoisotopic (exact) mass is 480 g/mol. The van der Waals surface area contributed by atoms with Gasteiger partial charge in [-0.2, -0.15) is 0 Å². The smallest absolute Gasteiger partial charge is 0.460 e. The highest BCUT2D eigenvalue weighted by atomic mass is 32.2. The lowest BCUT2D eigenvalue weighted by Crippen LogP contribution is -2.70. The van der Waals surface area contributed by atoms with Crippen LogP contribution in [0, 0.1) is 0 Å². The van der Waals surface area contributed by atoms with Crippen molar-refractivity contribution in [3.8, 4) is 0 Å². The number of rotatable bonds is 8. The third kappa shape index (κ3) is 5.89. The Balaban J connectivity index is 1.48. The quantitative estimate of drug-likeness (QED) is 0.259. The first-order chi connectivity index (χ1) is 15.6. The van der Waals surface area contributed by atoms with Gasteiger partial charge in [0.15, 0.2) is 0 Å². The van der Waals surface area contributed by atoms with E-state index in [1.165, 1.54) is 16.7 Å². The number of ether oxygens (including phenoxy) is 4. The number of hydrogen-bond donors (Lipinski definition) is 1. The topological polar surface area (TPSA) is 120 Å². The van der Waals surface area contributed by atoms with Gasteiger partial charge < -0.3 is 29.2 Å². The van der Waals surface area contributed by atoms with Gasteiger partial charge in [-0.25, -0.2) is 14.4 Å². The highest BCUT2D eigenvalue weighted by molar-refractivity contribution is 8.01. The van der Waals surface area contributed by atoms with Crippen LogP contribution in [0.1, 0.15) is 33.3 Å². The SMILES string of the molecule is CC(C)OC(=O)OCCOC(=O)[C@@H]1N2C(=O)C(NC(=O)OCc3ccccc3)[C@H]2SC1(C)C. The van der Waals surface area contributed by atoms with Crippen molar-refractivity contribution in [1.29, 1.82) is 0 Å². The summed E-state index contributed by atoms with van der Waals surface area (Å²) in [5.74, 6) is -0.984. The van der Waals surface area contributed by atoms with Crippen LogP contribution in [0.5, 0.6) is 0 Å². The van der Waals surface area contributed by atoms with Gasteiger partial charge in [-0.3, -0.25) is 4.79 Å². The van der Waals surface area contributed by atoms with Crippen LogP contribution in [0.3, 0.4) is 0 Å². The van der Waals surface area contributed by atoms with E-state index in [0.717, 1.165) is 5.56 Å². The zero-order valence-corrected chi connectivity index (χ0v) is 19.8. The maximum Gasteiger partial charge on any atom is 0.508 e. The number of benzene rings is 1. The number of amides is 2. The van der Waals surface area contributed by atoms with Crippen molar-refractivity contribution >= 4 is 35.9 Å². The van der Waals surface area contributed by atoms with E-state index in [-0.39, 0.29) is 31.8 Å². The molecular weight excluding hydrogens is 452 g/mol. The standard InChI is InChI=1S/C22H28N2O8S/c1-13(2)32-21(28)30-11-10-29-19(26)16-22(3,4)33-18-15(17(25)24(16)18)23-20(27)31-12-14-8-6-5-7-9-14/h5-9,13,15-16,18H,10-12H2,1-4H3,(H,23,27)/t15?,16-,18+/m0/s1. The largest absolute Gasteiger partial charge is 0.508 e. The molecule has 3 rings (SSSR count). The van der Waals surface area contributed by atoms with Gasteiger partial charge in [-0.15, -0.1) is 11.8 Å². The van der Waals surface area contributed by atoms with Gasteiger partial charge in [0, 0.05) is 4.75 Å². The molecule has 3 atom stereocenters. The number of carbonyl (C=O) groups is 4. The van der Waals surface area contributed by atoms with Gasteiger partial charge in [-0.05, 0) is 33.3 Å². The molecule has 0 saturated carbocycles. The summed E-state index contributed by atoms with van der Waals surface area (Å²) in [5.41, 5.74) is 0.829. The molecule has 2 saturated heterocycles. The molecule has 0 radical (unpaired) electrons. The number of β-lactam (4-membered cyclic amide) rings is 1. The Bertz CT molecular complexity index is 892. The molecule has 2 heterocycles. The number of thioether (sulfide) groups is 1. The van der Waals surface area contributed by atoms with Crippen molar-refractivity contribution in [2.75, 3.05) is 13.2 Å². The molecule has 1 aromatic rings. The van der Waals surface area contributed by atoms with Crippen LogP contribution in [0.4, 0.5) is 9.59 Å². The van der Waals surface area contributed by atoms with Crippen LogP contribution in [0.25, 0.3) is 0 Å². The molecule has 2 aliphatic heterocycles. The Morgan fingerprint density at radius 2 is 1.76 bits per heavy atom. The number of hydrogen-bond acceptors (Lipinski definition) is 9. The Morgan fingerprint density at radius 1 is 1.09 bits per heavy atom. The van der Waals surface area contributed by atoms with Crippen molar-refractivity contribution < 1.29 is 38.1 Å². The lowest BCUT2D eigenvalue weighted by Gasteiger charge is -2.43. The Morgan fingerprint density at radius 3 is 2.42 bits per heavy atom. The molecule has 0 aromatic heterocycles. The van der Waals surface area contributed by atoms with E-state index in [9.17, 15) is 19.2 Å². The molecule has 2 fully saturated rings. The first-order valence-electron chi connectivity index (χ1n) is 10.6. The maximum atomic E-state index is 12.7. The van der Waals surface area contributed by atoms with Crippen molar-refractivity contribution in [3.63, 3.8) is 0 Å². The molecule has 1 unspecified atom stereocenters. The second-order valence-electron chi connectivity index (χ2n) is 8.38. The van der Waals surface area contributed by atoms with Crippen LogP contribution in [-0.2, 0) is 35.1 Å². The molecule has 0 aliphatic carbocycles. The van der Waals surface area contributed by atoms with Crippen molar-refractivity contribution in [1.82, 2.24) is 10.2 Å². The molecule has 1 N–H and O–H groups in total. The zero-order chi connectivity index (χ0) is 24.2. The number of carbonyl (C=O) groups excluding carboxylic acids is 4. The summed E-state index contributed by atoms with van der Waals surface area (Å²) in [6, 6.07) is 7.57. The number of esters is 1. The van der Waals surface area contributed by atoms with Crippen LogP contribution < -0.4 is 5.32 Å². The second kappa shape index (κ2) is 10.3. The minimum atomic E-state index is -0.844. The van der Waals surface area contributed by atoms with E-state index in [1.807, 2.05) is 44.2 Å². The minimum Gasteiger partial charge on any atom is -0.460 e. The van der Waals surface area contributed by atoms with Gasteiger partial charge in [0.2, 0.25) is 5.91 Å². The summed E-state index contributed by atoms with van der Waals surface area (Å²) in [7, 11) is 0. The first kappa shape index (κ1) is 24.7. The lowest BCUT2D eigenvalue weighted by atomic mass is 9.96. The summed E-state index contributed by atoms with van der Waals surface area (Å²) >= 11 is 1.40. The maximum absolute atomic E-state index is 12.7. The van der Waals surface area contributed by atoms with Crippen LogP contribution in [0.15, 0.2) is 30.3 Å². The number of fused-ring (bicyclic) bond motifs is 1. The molecular formula is C22H28N2O8S. The average Bonchev–Trinajstić information content (AvgIpc) is 3.01. The van der Waals surface area contributed by atoms with Crippen molar-refractivity contribution in [2.24, 2.45) is 0 Å². The van der Waals surface area contributed by atoms with Crippen LogP contribution >= 0.6 is 11.8 Å². The number of alkyl carbamates (subject to hydrolysis) is 1. The molecule has 33 heavy (non-hydrogen) atoms. The van der Waals surface area contributed by atoms with Gasteiger partial charge in [0.1, 0.15) is 37.3 Å². The fourth-order valence-corrected chi connectivity index (χ4v) is 5.21. The van der Waals surface area contributed by atoms with Gasteiger partial charge in [0.25, 0.3) is 0 Å². The van der Waals surface area contributed by atoms with E-state index < -0.39 is 40.4 Å². The van der Waals surface area contributed by atoms with Crippen LogP contribution in [-0.4, -0.2) is 70.5 Å². The first-order valence-corrected chi connectivity index (χ1v) is 11.5. The highest BCUT2D eigenvalue weighted by Gasteiger charge is 2.64. The summed E-state index contributed by atoms with van der Waals surface area (Å²) in [5, 5.41) is 2.18. The third-order valence-corrected chi connectivity index (χ3v) is 6.60. The molecule has 2 amide bonds. The summed E-state index contributed by atoms with van der Waals surface area (Å²) in [6.45, 7) is 6.80. The normalized spacial score (nSPS) is 22.8. The molecule has 0 bridgehead atoms. The Labute approximate surface area is 196 Å². The fourth-order valence-electron chi connectivity index (χ4n) is 3.59. The van der Waals surface area contributed by atoms with Crippen LogP contribution in [0.2, 0.25) is 0 Å². The molecule has 180 valence electrons. The van der Waals surface area contributed by atoms with E-state index >= 15 is 0 Å². The van der Waals surface area contributed by atoms with E-state index in [2.05, 4.69) is 5.32 Å². The van der Waals surface area contributed by atoms with E-state index in [4.69, 9.17) is 18.9 Å². The number of nitrogens with one attached hydrogen (secondary N) is 1. The number of nitrogens with zero attached hydrogens (tertiary/aromatic N) is 1. The van der Waals surface area contributed by atoms with Gasteiger partial charge >= 0.3 is 18.2 Å². The van der Waals surface area contributed by atoms with Crippen molar-refractivity contribution in [3.05, 3.63) is 35.9 Å². The highest BCUT2D eigenvalue weighted by Crippen LogP contribution is 2.51. The van der Waals surface area contributed by atoms with E-state index in [1.54, 1.807) is 13.8 Å². The predicted molar refractivity (Wildman–Crippen MR) is 118 cm³/mol. The molecule has 1 aromatic carbocycles. The minimum absolute atomic E-state index is 0.0856. The predicted octanol–water partition coefficient (Wildman–Crippen LogP) is 2.45. The summed E-state index contributed by atoms with van der Waals surface area (Å²) in [4.78, 5) is 50.4. The lowest BCUT2D eigenvalue weighted by molar-refractivity contribution is -0.164. The van der Waals surface area contributed by atoms with Crippen molar-refractivity contribution in [2.45, 2.75) is 62.6 Å². The molecule has 10 nitrogen and oxygen atoms in total. The molecule has 0 spiro atoms. The van der Waals surface area contributed by atoms with Gasteiger partial charge in [0.05, 0.1) is 6.10 Å². The Hall–Kier alpha value is -2.95. The van der Waals surface area contributed by atoms with Gasteiger partial charge in [-0.1, -0.05) is 30.3 Å².